The van der Waals surface area contributed by atoms with Crippen LogP contribution in [-0.4, -0.2) is 83.9 Å². The highest BCUT2D eigenvalue weighted by molar-refractivity contribution is 6.38. The molecule has 12 nitrogen and oxygen atoms in total. The maximum atomic E-state index is 14.0. The van der Waals surface area contributed by atoms with E-state index >= 15 is 0 Å². The Kier molecular flexibility index (Phi) is 13.0. The smallest absolute Gasteiger partial charge is 0.407 e. The van der Waals surface area contributed by atoms with Crippen LogP contribution in [0.15, 0.2) is 12.7 Å². The van der Waals surface area contributed by atoms with Gasteiger partial charge >= 0.3 is 12.1 Å². The third kappa shape index (κ3) is 10.1. The van der Waals surface area contributed by atoms with Crippen LogP contribution in [-0.2, 0) is 33.4 Å². The van der Waals surface area contributed by atoms with Gasteiger partial charge in [0.1, 0.15) is 17.7 Å². The number of Topliss-reactive ketones (excluding diaryl/α,β-unsaturated/α-hetero) is 1. The maximum absolute atomic E-state index is 14.0. The van der Waals surface area contributed by atoms with Crippen molar-refractivity contribution in [3.8, 4) is 0 Å². The molecule has 248 valence electrons. The molecular weight excluding hydrogens is 568 g/mol. The van der Waals surface area contributed by atoms with Gasteiger partial charge in [0.2, 0.25) is 17.6 Å². The highest BCUT2D eigenvalue weighted by Crippen LogP contribution is 2.65. The SMILES string of the molecule is C=CCNC(=O)C(=O)C(CCC)NC(=O)[C@@H]1[C@@H]2[C@H](CN1C(=O)C(CCCC(=O)OC(C)(C)C)NC(=O)OCC(C)C)C2(C)C. The first-order valence-electron chi connectivity index (χ1n) is 15.6. The van der Waals surface area contributed by atoms with E-state index in [4.69, 9.17) is 9.47 Å². The van der Waals surface area contributed by atoms with Crippen LogP contribution in [0.1, 0.15) is 87.5 Å². The second-order valence-corrected chi connectivity index (χ2v) is 13.8. The molecule has 0 aromatic rings. The molecule has 1 saturated carbocycles. The molecule has 2 unspecified atom stereocenters. The number of rotatable bonds is 16. The summed E-state index contributed by atoms with van der Waals surface area (Å²) >= 11 is 0. The predicted octanol–water partition coefficient (Wildman–Crippen LogP) is 2.89. The normalized spacial score (nSPS) is 21.4. The van der Waals surface area contributed by atoms with E-state index < -0.39 is 59.3 Å². The number of likely N-dealkylation sites (tertiary alicyclic amines) is 1. The minimum absolute atomic E-state index is 0.0424. The van der Waals surface area contributed by atoms with Crippen LogP contribution in [0, 0.1) is 23.2 Å². The summed E-state index contributed by atoms with van der Waals surface area (Å²) < 4.78 is 10.6. The van der Waals surface area contributed by atoms with Crippen LogP contribution >= 0.6 is 0 Å². The third-order valence-electron chi connectivity index (χ3n) is 8.03. The molecule has 1 aliphatic heterocycles. The Morgan fingerprint density at radius 2 is 1.70 bits per heavy atom. The molecule has 0 aromatic carbocycles. The first-order chi connectivity index (χ1) is 20.4. The molecule has 44 heavy (non-hydrogen) atoms. The van der Waals surface area contributed by atoms with Gasteiger partial charge in [-0.2, -0.15) is 0 Å². The summed E-state index contributed by atoms with van der Waals surface area (Å²) in [6.07, 6.45) is 1.90. The van der Waals surface area contributed by atoms with E-state index in [0.717, 1.165) is 0 Å². The van der Waals surface area contributed by atoms with Gasteiger partial charge in [-0.15, -0.1) is 6.58 Å². The average molecular weight is 621 g/mol. The van der Waals surface area contributed by atoms with E-state index in [-0.39, 0.29) is 62.0 Å². The molecule has 2 aliphatic rings. The van der Waals surface area contributed by atoms with Gasteiger partial charge in [-0.25, -0.2) is 4.79 Å². The van der Waals surface area contributed by atoms with Crippen molar-refractivity contribution in [2.75, 3.05) is 19.7 Å². The zero-order valence-electron chi connectivity index (χ0n) is 27.6. The minimum atomic E-state index is -1.05. The largest absolute Gasteiger partial charge is 0.460 e. The highest BCUT2D eigenvalue weighted by Gasteiger charge is 2.69. The van der Waals surface area contributed by atoms with Crippen molar-refractivity contribution in [2.45, 2.75) is 111 Å². The Labute approximate surface area is 261 Å². The molecule has 0 bridgehead atoms. The van der Waals surface area contributed by atoms with Gasteiger partial charge in [0.15, 0.2) is 0 Å². The van der Waals surface area contributed by atoms with Gasteiger partial charge < -0.3 is 30.3 Å². The molecule has 0 radical (unpaired) electrons. The maximum Gasteiger partial charge on any atom is 0.407 e. The first-order valence-corrected chi connectivity index (χ1v) is 15.6. The number of carbonyl (C=O) groups is 6. The number of hydrogen-bond acceptors (Lipinski definition) is 8. The third-order valence-corrected chi connectivity index (χ3v) is 8.03. The van der Waals surface area contributed by atoms with Crippen molar-refractivity contribution in [3.63, 3.8) is 0 Å². The molecular formula is C32H52N4O8. The Morgan fingerprint density at radius 1 is 1.05 bits per heavy atom. The molecule has 1 saturated heterocycles. The quantitative estimate of drug-likeness (QED) is 0.135. The van der Waals surface area contributed by atoms with Crippen LogP contribution in [0.25, 0.3) is 0 Å². The molecule has 1 aliphatic carbocycles. The van der Waals surface area contributed by atoms with Crippen molar-refractivity contribution < 1.29 is 38.2 Å². The molecule has 12 heteroatoms. The zero-order chi connectivity index (χ0) is 33.4. The molecule has 4 amide bonds. The molecule has 0 aromatic heterocycles. The van der Waals surface area contributed by atoms with Gasteiger partial charge in [0, 0.05) is 19.5 Å². The molecule has 3 N–H and O–H groups in total. The second kappa shape index (κ2) is 15.5. The number of hydrogen-bond donors (Lipinski definition) is 3. The number of piperidine rings is 1. The van der Waals surface area contributed by atoms with Crippen LogP contribution in [0.4, 0.5) is 4.79 Å². The van der Waals surface area contributed by atoms with Crippen LogP contribution in [0.2, 0.25) is 0 Å². The Hall–Kier alpha value is -3.44. The number of fused-ring (bicyclic) bond motifs is 1. The summed E-state index contributed by atoms with van der Waals surface area (Å²) in [4.78, 5) is 79.4. The van der Waals surface area contributed by atoms with Crippen molar-refractivity contribution in [3.05, 3.63) is 12.7 Å². The number of nitrogens with one attached hydrogen (secondary N) is 3. The van der Waals surface area contributed by atoms with Gasteiger partial charge in [-0.1, -0.05) is 47.1 Å². The molecule has 1 heterocycles. The lowest BCUT2D eigenvalue weighted by Gasteiger charge is -2.33. The first kappa shape index (κ1) is 36.8. The van der Waals surface area contributed by atoms with Gasteiger partial charge in [-0.3, -0.25) is 24.0 Å². The van der Waals surface area contributed by atoms with Gasteiger partial charge in [0.05, 0.1) is 12.6 Å². The van der Waals surface area contributed by atoms with Crippen molar-refractivity contribution >= 4 is 35.6 Å². The van der Waals surface area contributed by atoms with E-state index in [1.54, 1.807) is 20.8 Å². The molecule has 0 spiro atoms. The number of carbonyl (C=O) groups excluding carboxylic acids is 6. The number of ketones is 1. The summed E-state index contributed by atoms with van der Waals surface area (Å²) in [5, 5.41) is 7.84. The van der Waals surface area contributed by atoms with E-state index in [1.807, 2.05) is 34.6 Å². The van der Waals surface area contributed by atoms with Gasteiger partial charge in [0.25, 0.3) is 5.91 Å². The van der Waals surface area contributed by atoms with Crippen LogP contribution in [0.5, 0.6) is 0 Å². The summed E-state index contributed by atoms with van der Waals surface area (Å²) in [5.74, 6) is -3.02. The number of amides is 4. The molecule has 5 atom stereocenters. The van der Waals surface area contributed by atoms with Gasteiger partial charge in [-0.05, 0) is 63.2 Å². The monoisotopic (exact) mass is 620 g/mol. The number of esters is 1. The fourth-order valence-corrected chi connectivity index (χ4v) is 5.76. The summed E-state index contributed by atoms with van der Waals surface area (Å²) in [5.41, 5.74) is -0.862. The topological polar surface area (TPSA) is 160 Å². The van der Waals surface area contributed by atoms with E-state index in [1.165, 1.54) is 11.0 Å². The highest BCUT2D eigenvalue weighted by atomic mass is 16.6. The number of nitrogens with zero attached hydrogens (tertiary/aromatic N) is 1. The van der Waals surface area contributed by atoms with Crippen LogP contribution < -0.4 is 16.0 Å². The van der Waals surface area contributed by atoms with Crippen molar-refractivity contribution in [1.82, 2.24) is 20.9 Å². The lowest BCUT2D eigenvalue weighted by atomic mass is 9.98. The van der Waals surface area contributed by atoms with E-state index in [2.05, 4.69) is 22.5 Å². The lowest BCUT2D eigenvalue weighted by molar-refractivity contribution is -0.155. The Bertz CT molecular complexity index is 1100. The van der Waals surface area contributed by atoms with E-state index in [9.17, 15) is 28.8 Å². The Morgan fingerprint density at radius 3 is 2.27 bits per heavy atom. The van der Waals surface area contributed by atoms with Crippen molar-refractivity contribution in [1.29, 1.82) is 0 Å². The van der Waals surface area contributed by atoms with Crippen LogP contribution in [0.3, 0.4) is 0 Å². The average Bonchev–Trinajstić information content (AvgIpc) is 3.24. The summed E-state index contributed by atoms with van der Waals surface area (Å²) in [6.45, 7) is 19.1. The molecule has 2 rings (SSSR count). The lowest BCUT2D eigenvalue weighted by Crippen LogP contribution is -2.58. The fourth-order valence-electron chi connectivity index (χ4n) is 5.76. The summed E-state index contributed by atoms with van der Waals surface area (Å²) in [7, 11) is 0. The second-order valence-electron chi connectivity index (χ2n) is 13.8. The Balaban J connectivity index is 2.26. The summed E-state index contributed by atoms with van der Waals surface area (Å²) in [6, 6.07) is -3.00. The zero-order valence-corrected chi connectivity index (χ0v) is 27.6. The van der Waals surface area contributed by atoms with Crippen molar-refractivity contribution in [2.24, 2.45) is 23.2 Å². The fraction of sp³-hybridized carbons (Fsp3) is 0.750. The molecule has 2 fully saturated rings. The standard InChI is InChI=1S/C32H52N4O8/c1-10-13-21(26(38)28(40)33-16-11-2)34-27(39)25-24-20(32(24,8)9)17-36(25)29(41)22(35-30(42)43-18-19(3)4)14-12-15-23(37)44-31(5,6)7/h11,19-22,24-25H,2,10,12-18H2,1,3-9H3,(H,33,40)(H,34,39)(H,35,42)/t20-,21?,22?,24-,25-/m0/s1. The number of ether oxygens (including phenoxy) is 2. The van der Waals surface area contributed by atoms with E-state index in [0.29, 0.717) is 13.0 Å². The number of alkyl carbamates (subject to hydrolysis) is 1. The minimum Gasteiger partial charge on any atom is -0.460 e. The predicted molar refractivity (Wildman–Crippen MR) is 164 cm³/mol.